The van der Waals surface area contributed by atoms with E-state index in [0.29, 0.717) is 10.9 Å². The van der Waals surface area contributed by atoms with Crippen molar-refractivity contribution in [3.05, 3.63) is 107 Å². The fraction of sp³-hybridized carbons (Fsp3) is 0. The molecule has 0 atom stereocenters. The van der Waals surface area contributed by atoms with Gasteiger partial charge in [0.25, 0.3) is 15.6 Å². The van der Waals surface area contributed by atoms with Crippen molar-refractivity contribution in [2.75, 3.05) is 4.72 Å². The monoisotopic (exact) mass is 431 g/mol. The first-order valence-corrected chi connectivity index (χ1v) is 10.8. The molecule has 2 aromatic heterocycles. The van der Waals surface area contributed by atoms with E-state index in [1.54, 1.807) is 24.3 Å². The van der Waals surface area contributed by atoms with Crippen LogP contribution in [0.2, 0.25) is 0 Å². The third kappa shape index (κ3) is 4.44. The number of aromatic amines is 1. The van der Waals surface area contributed by atoms with Gasteiger partial charge < -0.3 is 4.98 Å². The van der Waals surface area contributed by atoms with Crippen LogP contribution in [-0.4, -0.2) is 24.2 Å². The number of carbonyl (C=O) groups excluding carboxylic acids is 1. The lowest BCUT2D eigenvalue weighted by Gasteiger charge is -2.11. The highest BCUT2D eigenvalue weighted by molar-refractivity contribution is 7.92. The fourth-order valence-electron chi connectivity index (χ4n) is 3.04. The SMILES string of the molecule is O=C(/C=C/c1ccccc1)c1cc2c(NS(=O)(=O)c3cccnc3)cccc2[nH]c1=O. The second kappa shape index (κ2) is 8.37. The first-order chi connectivity index (χ1) is 14.9. The number of rotatable bonds is 6. The van der Waals surface area contributed by atoms with Crippen LogP contribution < -0.4 is 10.3 Å². The quantitative estimate of drug-likeness (QED) is 0.358. The van der Waals surface area contributed by atoms with Crippen LogP contribution in [0, 0.1) is 0 Å². The van der Waals surface area contributed by atoms with Crippen molar-refractivity contribution in [3.8, 4) is 0 Å². The van der Waals surface area contributed by atoms with Gasteiger partial charge >= 0.3 is 0 Å². The maximum Gasteiger partial charge on any atom is 0.263 e. The van der Waals surface area contributed by atoms with Crippen molar-refractivity contribution in [1.29, 1.82) is 0 Å². The highest BCUT2D eigenvalue weighted by Crippen LogP contribution is 2.24. The summed E-state index contributed by atoms with van der Waals surface area (Å²) in [7, 11) is -3.90. The Morgan fingerprint density at radius 3 is 2.55 bits per heavy atom. The predicted octanol–water partition coefficient (Wildman–Crippen LogP) is 3.62. The maximum atomic E-state index is 12.7. The Morgan fingerprint density at radius 2 is 1.81 bits per heavy atom. The molecule has 2 heterocycles. The van der Waals surface area contributed by atoms with Crippen molar-refractivity contribution in [2.45, 2.75) is 4.90 Å². The number of nitrogens with zero attached hydrogens (tertiary/aromatic N) is 1. The van der Waals surface area contributed by atoms with Crippen LogP contribution >= 0.6 is 0 Å². The molecule has 0 bridgehead atoms. The van der Waals surface area contributed by atoms with Crippen LogP contribution in [0.15, 0.2) is 94.9 Å². The average Bonchev–Trinajstić information content (AvgIpc) is 2.78. The zero-order chi connectivity index (χ0) is 21.8. The van der Waals surface area contributed by atoms with Gasteiger partial charge in [-0.15, -0.1) is 0 Å². The van der Waals surface area contributed by atoms with E-state index < -0.39 is 21.4 Å². The van der Waals surface area contributed by atoms with Gasteiger partial charge in [-0.05, 0) is 42.0 Å². The molecule has 0 saturated heterocycles. The molecule has 0 aliphatic rings. The van der Waals surface area contributed by atoms with E-state index in [-0.39, 0.29) is 16.1 Å². The van der Waals surface area contributed by atoms with Crippen molar-refractivity contribution in [3.63, 3.8) is 0 Å². The van der Waals surface area contributed by atoms with Gasteiger partial charge in [0.15, 0.2) is 5.78 Å². The smallest absolute Gasteiger partial charge is 0.263 e. The van der Waals surface area contributed by atoms with Crippen LogP contribution in [0.4, 0.5) is 5.69 Å². The number of nitrogens with one attached hydrogen (secondary N) is 2. The molecular formula is C23H17N3O4S. The molecular weight excluding hydrogens is 414 g/mol. The Kier molecular flexibility index (Phi) is 5.46. The largest absolute Gasteiger partial charge is 0.321 e. The number of benzene rings is 2. The Morgan fingerprint density at radius 1 is 1.00 bits per heavy atom. The zero-order valence-electron chi connectivity index (χ0n) is 16.1. The fourth-order valence-corrected chi connectivity index (χ4v) is 4.08. The summed E-state index contributed by atoms with van der Waals surface area (Å²) in [5, 5.41) is 0.394. The molecule has 2 aromatic carbocycles. The number of hydrogen-bond acceptors (Lipinski definition) is 5. The van der Waals surface area contributed by atoms with E-state index in [1.807, 2.05) is 30.3 Å². The van der Waals surface area contributed by atoms with Crippen molar-refractivity contribution < 1.29 is 13.2 Å². The van der Waals surface area contributed by atoms with Gasteiger partial charge in [0, 0.05) is 17.8 Å². The van der Waals surface area contributed by atoms with Crippen molar-refractivity contribution in [1.82, 2.24) is 9.97 Å². The second-order valence-electron chi connectivity index (χ2n) is 6.68. The summed E-state index contributed by atoms with van der Waals surface area (Å²) in [6.07, 6.45) is 5.64. The number of ketones is 1. The van der Waals surface area contributed by atoms with E-state index in [2.05, 4.69) is 14.7 Å². The maximum absolute atomic E-state index is 12.7. The first-order valence-electron chi connectivity index (χ1n) is 9.30. The summed E-state index contributed by atoms with van der Waals surface area (Å²) in [6.45, 7) is 0. The summed E-state index contributed by atoms with van der Waals surface area (Å²) < 4.78 is 27.9. The lowest BCUT2D eigenvalue weighted by Crippen LogP contribution is -2.17. The van der Waals surface area contributed by atoms with Crippen LogP contribution in [0.3, 0.4) is 0 Å². The van der Waals surface area contributed by atoms with Crippen LogP contribution in [0.5, 0.6) is 0 Å². The number of anilines is 1. The molecule has 31 heavy (non-hydrogen) atoms. The molecule has 0 saturated carbocycles. The first kappa shape index (κ1) is 20.2. The minimum Gasteiger partial charge on any atom is -0.321 e. The average molecular weight is 431 g/mol. The third-order valence-corrected chi connectivity index (χ3v) is 5.92. The summed E-state index contributed by atoms with van der Waals surface area (Å²) in [6, 6.07) is 18.3. The molecule has 4 rings (SSSR count). The minimum absolute atomic E-state index is 0.00137. The lowest BCUT2D eigenvalue weighted by atomic mass is 10.1. The zero-order valence-corrected chi connectivity index (χ0v) is 17.0. The van der Waals surface area contributed by atoms with Crippen molar-refractivity contribution >= 4 is 38.5 Å². The van der Waals surface area contributed by atoms with E-state index in [9.17, 15) is 18.0 Å². The van der Waals surface area contributed by atoms with E-state index in [1.165, 1.54) is 36.7 Å². The molecule has 0 amide bonds. The number of H-pyrrole nitrogens is 1. The molecule has 0 unspecified atom stereocenters. The van der Waals surface area contributed by atoms with E-state index >= 15 is 0 Å². The number of sulfonamides is 1. The number of aromatic nitrogens is 2. The molecule has 7 nitrogen and oxygen atoms in total. The highest BCUT2D eigenvalue weighted by Gasteiger charge is 2.17. The molecule has 154 valence electrons. The van der Waals surface area contributed by atoms with Gasteiger partial charge in [0.05, 0.1) is 16.8 Å². The summed E-state index contributed by atoms with van der Waals surface area (Å²) in [4.78, 5) is 31.6. The molecule has 0 radical (unpaired) electrons. The Labute approximate surface area is 178 Å². The molecule has 8 heteroatoms. The Hall–Kier alpha value is -4.04. The molecule has 0 aliphatic heterocycles. The van der Waals surface area contributed by atoms with E-state index in [0.717, 1.165) is 5.56 Å². The standard InChI is InChI=1S/C23H17N3O4S/c27-22(12-11-16-6-2-1-3-7-16)19-14-18-20(25-23(19)28)9-4-10-21(18)26-31(29,30)17-8-5-13-24-15-17/h1-15,26H,(H,25,28)/b12-11+. The Bertz CT molecular complexity index is 1440. The van der Waals surface area contributed by atoms with E-state index in [4.69, 9.17) is 0 Å². The molecule has 0 aliphatic carbocycles. The van der Waals surface area contributed by atoms with Crippen molar-refractivity contribution in [2.24, 2.45) is 0 Å². The summed E-state index contributed by atoms with van der Waals surface area (Å²) in [5.74, 6) is -0.489. The molecule has 2 N–H and O–H groups in total. The summed E-state index contributed by atoms with van der Waals surface area (Å²) in [5.41, 5.74) is 0.812. The summed E-state index contributed by atoms with van der Waals surface area (Å²) >= 11 is 0. The lowest BCUT2D eigenvalue weighted by molar-refractivity contribution is 0.104. The van der Waals surface area contributed by atoms with Gasteiger partial charge in [-0.3, -0.25) is 19.3 Å². The van der Waals surface area contributed by atoms with Gasteiger partial charge in [-0.2, -0.15) is 0 Å². The van der Waals surface area contributed by atoms with Gasteiger partial charge in [-0.1, -0.05) is 42.5 Å². The molecule has 4 aromatic rings. The normalized spacial score (nSPS) is 11.6. The minimum atomic E-state index is -3.90. The van der Waals surface area contributed by atoms with Crippen LogP contribution in [-0.2, 0) is 10.0 Å². The number of hydrogen-bond donors (Lipinski definition) is 2. The van der Waals surface area contributed by atoms with Crippen LogP contribution in [0.1, 0.15) is 15.9 Å². The van der Waals surface area contributed by atoms with Gasteiger partial charge in [0.1, 0.15) is 4.90 Å². The van der Waals surface area contributed by atoms with Gasteiger partial charge in [0.2, 0.25) is 0 Å². The molecule has 0 spiro atoms. The Balaban J connectivity index is 1.73. The topological polar surface area (TPSA) is 109 Å². The third-order valence-electron chi connectivity index (χ3n) is 4.57. The molecule has 0 fully saturated rings. The second-order valence-corrected chi connectivity index (χ2v) is 8.36. The highest BCUT2D eigenvalue weighted by atomic mass is 32.2. The predicted molar refractivity (Wildman–Crippen MR) is 119 cm³/mol. The number of fused-ring (bicyclic) bond motifs is 1. The van der Waals surface area contributed by atoms with Crippen LogP contribution in [0.25, 0.3) is 17.0 Å². The number of allylic oxidation sites excluding steroid dienone is 1. The number of pyridine rings is 2. The number of carbonyl (C=O) groups is 1. The van der Waals surface area contributed by atoms with Gasteiger partial charge in [-0.25, -0.2) is 8.42 Å².